The molecule has 0 aliphatic heterocycles. The van der Waals surface area contributed by atoms with Gasteiger partial charge in [-0.3, -0.25) is 9.59 Å². The van der Waals surface area contributed by atoms with Crippen molar-refractivity contribution in [1.29, 1.82) is 0 Å². The van der Waals surface area contributed by atoms with Gasteiger partial charge in [-0.25, -0.2) is 0 Å². The standard InChI is InChI=1S/C24H22N2O2S/c1-26(2)23(27)15-29-22-10-6-5-9-20(22)24(28)25-18-12-11-17-13-16-7-3-4-8-19(16)21(17)14-18/h3-12,14H,13,15H2,1-2H3,(H,25,28). The Labute approximate surface area is 174 Å². The van der Waals surface area contributed by atoms with Crippen LogP contribution in [0, 0.1) is 0 Å². The van der Waals surface area contributed by atoms with Crippen LogP contribution in [-0.4, -0.2) is 36.6 Å². The van der Waals surface area contributed by atoms with Crippen molar-refractivity contribution >= 4 is 29.3 Å². The van der Waals surface area contributed by atoms with Crippen LogP contribution < -0.4 is 5.32 Å². The van der Waals surface area contributed by atoms with Crippen molar-refractivity contribution in [2.24, 2.45) is 0 Å². The van der Waals surface area contributed by atoms with Crippen molar-refractivity contribution in [3.63, 3.8) is 0 Å². The number of nitrogens with zero attached hydrogens (tertiary/aromatic N) is 1. The molecule has 4 rings (SSSR count). The molecule has 0 bridgehead atoms. The summed E-state index contributed by atoms with van der Waals surface area (Å²) in [6.07, 6.45) is 0.930. The van der Waals surface area contributed by atoms with Gasteiger partial charge in [0.15, 0.2) is 0 Å². The molecule has 29 heavy (non-hydrogen) atoms. The average molecular weight is 403 g/mol. The molecule has 146 valence electrons. The summed E-state index contributed by atoms with van der Waals surface area (Å²) in [5.41, 5.74) is 6.36. The van der Waals surface area contributed by atoms with Gasteiger partial charge >= 0.3 is 0 Å². The number of amides is 2. The topological polar surface area (TPSA) is 49.4 Å². The van der Waals surface area contributed by atoms with E-state index in [2.05, 4.69) is 29.6 Å². The number of hydrogen-bond donors (Lipinski definition) is 1. The normalized spacial score (nSPS) is 11.5. The summed E-state index contributed by atoms with van der Waals surface area (Å²) in [7, 11) is 3.46. The summed E-state index contributed by atoms with van der Waals surface area (Å²) in [5, 5.41) is 3.02. The molecule has 3 aromatic carbocycles. The zero-order valence-electron chi connectivity index (χ0n) is 16.4. The Hall–Kier alpha value is -3.05. The lowest BCUT2D eigenvalue weighted by molar-refractivity contribution is -0.125. The van der Waals surface area contributed by atoms with Crippen LogP contribution in [0.15, 0.2) is 71.6 Å². The molecule has 4 nitrogen and oxygen atoms in total. The van der Waals surface area contributed by atoms with Gasteiger partial charge in [-0.05, 0) is 52.9 Å². The van der Waals surface area contributed by atoms with Gasteiger partial charge < -0.3 is 10.2 Å². The molecule has 0 fully saturated rings. The molecule has 0 spiro atoms. The van der Waals surface area contributed by atoms with Gasteiger partial charge in [-0.2, -0.15) is 0 Å². The number of thioether (sulfide) groups is 1. The molecule has 3 aromatic rings. The smallest absolute Gasteiger partial charge is 0.256 e. The van der Waals surface area contributed by atoms with E-state index in [1.807, 2.05) is 36.4 Å². The molecule has 1 aliphatic carbocycles. The monoisotopic (exact) mass is 402 g/mol. The molecule has 0 saturated carbocycles. The zero-order valence-corrected chi connectivity index (χ0v) is 17.3. The molecular formula is C24H22N2O2S. The molecule has 2 amide bonds. The molecule has 0 aromatic heterocycles. The van der Waals surface area contributed by atoms with Crippen LogP contribution in [0.25, 0.3) is 11.1 Å². The van der Waals surface area contributed by atoms with E-state index in [-0.39, 0.29) is 11.8 Å². The van der Waals surface area contributed by atoms with Crippen LogP contribution in [0.5, 0.6) is 0 Å². The lowest BCUT2D eigenvalue weighted by Crippen LogP contribution is -2.23. The van der Waals surface area contributed by atoms with E-state index in [1.54, 1.807) is 25.1 Å². The molecule has 5 heteroatoms. The van der Waals surface area contributed by atoms with Crippen molar-refractivity contribution in [3.05, 3.63) is 83.4 Å². The highest BCUT2D eigenvalue weighted by Crippen LogP contribution is 2.38. The van der Waals surface area contributed by atoms with Crippen LogP contribution in [0.4, 0.5) is 5.69 Å². The second kappa shape index (κ2) is 8.13. The lowest BCUT2D eigenvalue weighted by Gasteiger charge is -2.13. The molecule has 1 aliphatic rings. The Kier molecular flexibility index (Phi) is 5.41. The van der Waals surface area contributed by atoms with Crippen LogP contribution in [-0.2, 0) is 11.2 Å². The second-order valence-electron chi connectivity index (χ2n) is 7.23. The molecule has 1 N–H and O–H groups in total. The van der Waals surface area contributed by atoms with E-state index in [0.29, 0.717) is 11.3 Å². The second-order valence-corrected chi connectivity index (χ2v) is 8.25. The summed E-state index contributed by atoms with van der Waals surface area (Å²) >= 11 is 1.38. The minimum absolute atomic E-state index is 0.0162. The van der Waals surface area contributed by atoms with Crippen LogP contribution in [0.3, 0.4) is 0 Å². The van der Waals surface area contributed by atoms with Crippen LogP contribution >= 0.6 is 11.8 Å². The summed E-state index contributed by atoms with van der Waals surface area (Å²) in [5.74, 6) is 0.145. The van der Waals surface area contributed by atoms with Gasteiger partial charge in [0.2, 0.25) is 5.91 Å². The van der Waals surface area contributed by atoms with Gasteiger partial charge in [-0.1, -0.05) is 42.5 Å². The van der Waals surface area contributed by atoms with Gasteiger partial charge in [0.1, 0.15) is 0 Å². The van der Waals surface area contributed by atoms with Crippen molar-refractivity contribution in [1.82, 2.24) is 4.90 Å². The molecule has 0 unspecified atom stereocenters. The first-order chi connectivity index (χ1) is 14.0. The molecule has 0 saturated heterocycles. The fourth-order valence-electron chi connectivity index (χ4n) is 3.45. The predicted molar refractivity (Wildman–Crippen MR) is 118 cm³/mol. The minimum Gasteiger partial charge on any atom is -0.348 e. The number of carbonyl (C=O) groups is 2. The van der Waals surface area contributed by atoms with E-state index in [1.165, 1.54) is 34.0 Å². The number of fused-ring (bicyclic) bond motifs is 3. The van der Waals surface area contributed by atoms with Gasteiger partial charge in [0, 0.05) is 24.7 Å². The number of carbonyl (C=O) groups excluding carboxylic acids is 2. The van der Waals surface area contributed by atoms with Crippen LogP contribution in [0.2, 0.25) is 0 Å². The number of rotatable bonds is 5. The van der Waals surface area contributed by atoms with Crippen molar-refractivity contribution < 1.29 is 9.59 Å². The fraction of sp³-hybridized carbons (Fsp3) is 0.167. The first-order valence-electron chi connectivity index (χ1n) is 9.47. The number of benzene rings is 3. The highest BCUT2D eigenvalue weighted by molar-refractivity contribution is 8.00. The summed E-state index contributed by atoms with van der Waals surface area (Å²) in [6.45, 7) is 0. The maximum absolute atomic E-state index is 12.9. The largest absolute Gasteiger partial charge is 0.348 e. The van der Waals surface area contributed by atoms with Crippen molar-refractivity contribution in [2.45, 2.75) is 11.3 Å². The van der Waals surface area contributed by atoms with E-state index in [9.17, 15) is 9.59 Å². The van der Waals surface area contributed by atoms with Gasteiger partial charge in [0.25, 0.3) is 5.91 Å². The third kappa shape index (κ3) is 4.05. The zero-order chi connectivity index (χ0) is 20.4. The predicted octanol–water partition coefficient (Wildman–Crippen LogP) is 4.69. The van der Waals surface area contributed by atoms with Gasteiger partial charge in [-0.15, -0.1) is 11.8 Å². The minimum atomic E-state index is -0.170. The Morgan fingerprint density at radius 2 is 1.66 bits per heavy atom. The lowest BCUT2D eigenvalue weighted by atomic mass is 10.1. The molecule has 0 heterocycles. The maximum atomic E-state index is 12.9. The number of anilines is 1. The van der Waals surface area contributed by atoms with Crippen LogP contribution in [0.1, 0.15) is 21.5 Å². The Bertz CT molecular complexity index is 1090. The number of nitrogens with one attached hydrogen (secondary N) is 1. The highest BCUT2D eigenvalue weighted by Gasteiger charge is 2.19. The van der Waals surface area contributed by atoms with E-state index in [4.69, 9.17) is 0 Å². The van der Waals surface area contributed by atoms with E-state index >= 15 is 0 Å². The third-order valence-electron chi connectivity index (χ3n) is 5.04. The average Bonchev–Trinajstić information content (AvgIpc) is 3.10. The summed E-state index contributed by atoms with van der Waals surface area (Å²) in [6, 6.07) is 21.8. The van der Waals surface area contributed by atoms with E-state index in [0.717, 1.165) is 17.0 Å². The molecule has 0 atom stereocenters. The Morgan fingerprint density at radius 3 is 2.48 bits per heavy atom. The SMILES string of the molecule is CN(C)C(=O)CSc1ccccc1C(=O)Nc1ccc2c(c1)-c1ccccc1C2. The summed E-state index contributed by atoms with van der Waals surface area (Å²) in [4.78, 5) is 27.2. The van der Waals surface area contributed by atoms with Crippen molar-refractivity contribution in [3.8, 4) is 11.1 Å². The maximum Gasteiger partial charge on any atom is 0.256 e. The highest BCUT2D eigenvalue weighted by atomic mass is 32.2. The molecule has 0 radical (unpaired) electrons. The fourth-order valence-corrected chi connectivity index (χ4v) is 4.48. The Morgan fingerprint density at radius 1 is 0.931 bits per heavy atom. The first-order valence-corrected chi connectivity index (χ1v) is 10.5. The number of hydrogen-bond acceptors (Lipinski definition) is 3. The summed E-state index contributed by atoms with van der Waals surface area (Å²) < 4.78 is 0. The quantitative estimate of drug-likeness (QED) is 0.493. The van der Waals surface area contributed by atoms with E-state index < -0.39 is 0 Å². The Balaban J connectivity index is 1.54. The van der Waals surface area contributed by atoms with Gasteiger partial charge in [0.05, 0.1) is 11.3 Å². The first kappa shape index (κ1) is 19.3. The van der Waals surface area contributed by atoms with Crippen molar-refractivity contribution in [2.75, 3.05) is 25.2 Å². The third-order valence-corrected chi connectivity index (χ3v) is 6.10. The molecular weight excluding hydrogens is 380 g/mol.